The van der Waals surface area contributed by atoms with Crippen molar-refractivity contribution in [3.05, 3.63) is 0 Å². The van der Waals surface area contributed by atoms with E-state index in [1.54, 1.807) is 4.90 Å². The lowest BCUT2D eigenvalue weighted by atomic mass is 10.2. The molecule has 0 atom stereocenters. The van der Waals surface area contributed by atoms with Gasteiger partial charge in [-0.3, -0.25) is 9.59 Å². The van der Waals surface area contributed by atoms with Gasteiger partial charge in [0, 0.05) is 19.5 Å². The van der Waals surface area contributed by atoms with Crippen molar-refractivity contribution in [1.82, 2.24) is 10.2 Å². The van der Waals surface area contributed by atoms with Gasteiger partial charge in [0.15, 0.2) is 0 Å². The maximum Gasteiger partial charge on any atom is 0.239 e. The Morgan fingerprint density at radius 3 is 2.38 bits per heavy atom. The molecule has 2 amide bonds. The van der Waals surface area contributed by atoms with Gasteiger partial charge in [0.25, 0.3) is 0 Å². The molecule has 0 aliphatic rings. The summed E-state index contributed by atoms with van der Waals surface area (Å²) in [7, 11) is 0. The van der Waals surface area contributed by atoms with E-state index in [1.165, 1.54) is 0 Å². The third kappa shape index (κ3) is 7.48. The topological polar surface area (TPSA) is 75.4 Å². The molecule has 0 fully saturated rings. The predicted octanol–water partition coefficient (Wildman–Crippen LogP) is 0.132. The molecule has 5 nitrogen and oxygen atoms in total. The highest BCUT2D eigenvalue weighted by molar-refractivity contribution is 5.85. The van der Waals surface area contributed by atoms with Gasteiger partial charge in [-0.2, -0.15) is 0 Å². The summed E-state index contributed by atoms with van der Waals surface area (Å²) in [6.45, 7) is 5.51. The van der Waals surface area contributed by atoms with Crippen molar-refractivity contribution in [3.63, 3.8) is 0 Å². The Kier molecular flexibility index (Phi) is 11.8. The molecule has 0 rings (SSSR count). The van der Waals surface area contributed by atoms with Crippen LogP contribution in [0.4, 0.5) is 0 Å². The van der Waals surface area contributed by atoms with E-state index in [-0.39, 0.29) is 30.8 Å². The minimum absolute atomic E-state index is 0. The van der Waals surface area contributed by atoms with Crippen LogP contribution in [0.2, 0.25) is 0 Å². The summed E-state index contributed by atoms with van der Waals surface area (Å²) in [6, 6.07) is 0. The van der Waals surface area contributed by atoms with E-state index in [0.717, 1.165) is 0 Å². The van der Waals surface area contributed by atoms with Crippen molar-refractivity contribution < 1.29 is 9.59 Å². The standard InChI is InChI=1S/C10H21N3O2.ClH/c1-3-12-9(14)8-13(4-2)10(15)6-5-7-11;/h3-8,11H2,1-2H3,(H,12,14);1H. The molecule has 0 aliphatic carbocycles. The van der Waals surface area contributed by atoms with Crippen LogP contribution in [0.5, 0.6) is 0 Å². The molecule has 0 radical (unpaired) electrons. The van der Waals surface area contributed by atoms with Crippen molar-refractivity contribution in [2.75, 3.05) is 26.2 Å². The van der Waals surface area contributed by atoms with E-state index in [2.05, 4.69) is 5.32 Å². The summed E-state index contributed by atoms with van der Waals surface area (Å²) in [5.41, 5.74) is 5.32. The molecule has 0 saturated heterocycles. The number of hydrogen-bond donors (Lipinski definition) is 2. The second-order valence-electron chi connectivity index (χ2n) is 3.25. The van der Waals surface area contributed by atoms with Crippen molar-refractivity contribution in [2.45, 2.75) is 26.7 Å². The van der Waals surface area contributed by atoms with Crippen LogP contribution in [0, 0.1) is 0 Å². The number of likely N-dealkylation sites (N-methyl/N-ethyl adjacent to an activating group) is 2. The quantitative estimate of drug-likeness (QED) is 0.676. The lowest BCUT2D eigenvalue weighted by molar-refractivity contribution is -0.135. The number of rotatable bonds is 7. The summed E-state index contributed by atoms with van der Waals surface area (Å²) in [5, 5.41) is 2.66. The molecule has 0 bridgehead atoms. The number of halogens is 1. The van der Waals surface area contributed by atoms with Crippen LogP contribution in [-0.4, -0.2) is 42.9 Å². The Balaban J connectivity index is 0. The normalized spacial score (nSPS) is 9.19. The highest BCUT2D eigenvalue weighted by atomic mass is 35.5. The molecular formula is C10H22ClN3O2. The number of hydrogen-bond acceptors (Lipinski definition) is 3. The second-order valence-corrected chi connectivity index (χ2v) is 3.25. The molecule has 0 saturated carbocycles. The van der Waals surface area contributed by atoms with Gasteiger partial charge in [0.2, 0.25) is 11.8 Å². The van der Waals surface area contributed by atoms with Gasteiger partial charge in [-0.05, 0) is 26.8 Å². The Labute approximate surface area is 103 Å². The lowest BCUT2D eigenvalue weighted by Gasteiger charge is -2.19. The number of nitrogens with two attached hydrogens (primary N) is 1. The van der Waals surface area contributed by atoms with Gasteiger partial charge < -0.3 is 16.0 Å². The van der Waals surface area contributed by atoms with Crippen LogP contribution in [0.3, 0.4) is 0 Å². The van der Waals surface area contributed by atoms with Crippen LogP contribution in [0.15, 0.2) is 0 Å². The zero-order chi connectivity index (χ0) is 11.7. The van der Waals surface area contributed by atoms with E-state index in [9.17, 15) is 9.59 Å². The van der Waals surface area contributed by atoms with Crippen LogP contribution in [-0.2, 0) is 9.59 Å². The number of nitrogens with zero attached hydrogens (tertiary/aromatic N) is 1. The van der Waals surface area contributed by atoms with Gasteiger partial charge in [0.1, 0.15) is 0 Å². The highest BCUT2D eigenvalue weighted by Crippen LogP contribution is 1.96. The van der Waals surface area contributed by atoms with E-state index < -0.39 is 0 Å². The summed E-state index contributed by atoms with van der Waals surface area (Å²) in [6.07, 6.45) is 1.09. The number of nitrogens with one attached hydrogen (secondary N) is 1. The monoisotopic (exact) mass is 251 g/mol. The molecule has 96 valence electrons. The summed E-state index contributed by atoms with van der Waals surface area (Å²) in [4.78, 5) is 24.4. The number of amides is 2. The van der Waals surface area contributed by atoms with E-state index in [4.69, 9.17) is 5.73 Å². The smallest absolute Gasteiger partial charge is 0.239 e. The first-order chi connectivity index (χ1) is 7.15. The molecule has 0 unspecified atom stereocenters. The number of carbonyl (C=O) groups is 2. The van der Waals surface area contributed by atoms with E-state index in [0.29, 0.717) is 32.5 Å². The second kappa shape index (κ2) is 10.7. The van der Waals surface area contributed by atoms with Crippen molar-refractivity contribution in [3.8, 4) is 0 Å². The fourth-order valence-corrected chi connectivity index (χ4v) is 1.21. The molecule has 0 spiro atoms. The molecule has 0 aromatic heterocycles. The molecule has 0 aromatic carbocycles. The summed E-state index contributed by atoms with van der Waals surface area (Å²) >= 11 is 0. The molecule has 0 aliphatic heterocycles. The fraction of sp³-hybridized carbons (Fsp3) is 0.800. The molecule has 3 N–H and O–H groups in total. The Morgan fingerprint density at radius 2 is 1.94 bits per heavy atom. The number of carbonyl (C=O) groups excluding carboxylic acids is 2. The Morgan fingerprint density at radius 1 is 1.31 bits per heavy atom. The van der Waals surface area contributed by atoms with E-state index >= 15 is 0 Å². The molecular weight excluding hydrogens is 230 g/mol. The van der Waals surface area contributed by atoms with Crippen molar-refractivity contribution >= 4 is 24.2 Å². The van der Waals surface area contributed by atoms with Crippen LogP contribution in [0.1, 0.15) is 26.7 Å². The SMILES string of the molecule is CCNC(=O)CN(CC)C(=O)CCCN.Cl. The first-order valence-corrected chi connectivity index (χ1v) is 5.40. The maximum atomic E-state index is 11.6. The zero-order valence-corrected chi connectivity index (χ0v) is 10.8. The maximum absolute atomic E-state index is 11.6. The Bertz CT molecular complexity index is 212. The summed E-state index contributed by atoms with van der Waals surface area (Å²) in [5.74, 6) is -0.116. The molecule has 0 aromatic rings. The predicted molar refractivity (Wildman–Crippen MR) is 66.5 cm³/mol. The van der Waals surface area contributed by atoms with Gasteiger partial charge in [-0.1, -0.05) is 0 Å². The highest BCUT2D eigenvalue weighted by Gasteiger charge is 2.13. The first kappa shape index (κ1) is 17.6. The van der Waals surface area contributed by atoms with Gasteiger partial charge in [0.05, 0.1) is 6.54 Å². The van der Waals surface area contributed by atoms with Crippen molar-refractivity contribution in [2.24, 2.45) is 5.73 Å². The van der Waals surface area contributed by atoms with Gasteiger partial charge in [-0.15, -0.1) is 12.4 Å². The average Bonchev–Trinajstić information content (AvgIpc) is 2.22. The minimum Gasteiger partial charge on any atom is -0.355 e. The third-order valence-electron chi connectivity index (χ3n) is 2.04. The minimum atomic E-state index is -0.111. The molecule has 16 heavy (non-hydrogen) atoms. The van der Waals surface area contributed by atoms with E-state index in [1.807, 2.05) is 13.8 Å². The van der Waals surface area contributed by atoms with Gasteiger partial charge >= 0.3 is 0 Å². The summed E-state index contributed by atoms with van der Waals surface area (Å²) < 4.78 is 0. The first-order valence-electron chi connectivity index (χ1n) is 5.40. The average molecular weight is 252 g/mol. The molecule has 6 heteroatoms. The molecule has 0 heterocycles. The van der Waals surface area contributed by atoms with Crippen LogP contribution in [0.25, 0.3) is 0 Å². The lowest BCUT2D eigenvalue weighted by Crippen LogP contribution is -2.40. The third-order valence-corrected chi connectivity index (χ3v) is 2.04. The van der Waals surface area contributed by atoms with Crippen molar-refractivity contribution in [1.29, 1.82) is 0 Å². The zero-order valence-electron chi connectivity index (χ0n) is 9.99. The van der Waals surface area contributed by atoms with Crippen LogP contribution >= 0.6 is 12.4 Å². The Hall–Kier alpha value is -0.810. The fourth-order valence-electron chi connectivity index (χ4n) is 1.21. The largest absolute Gasteiger partial charge is 0.355 e. The van der Waals surface area contributed by atoms with Gasteiger partial charge in [-0.25, -0.2) is 0 Å². The van der Waals surface area contributed by atoms with Crippen LogP contribution < -0.4 is 11.1 Å².